The summed E-state index contributed by atoms with van der Waals surface area (Å²) in [5, 5.41) is 14.6. The van der Waals surface area contributed by atoms with Crippen LogP contribution in [0.15, 0.2) is 86.0 Å². The Kier molecular flexibility index (Phi) is 14.5. The Morgan fingerprint density at radius 3 is 2.06 bits per heavy atom. The molecule has 0 saturated carbocycles. The number of rotatable bonds is 11. The number of imidazole rings is 2. The Balaban J connectivity index is 1.25. The first kappa shape index (κ1) is 51.0. The molecule has 3 saturated heterocycles. The monoisotopic (exact) mass is 1070 g/mol. The van der Waals surface area contributed by atoms with Crippen LogP contribution in [-0.4, -0.2) is 121 Å². The summed E-state index contributed by atoms with van der Waals surface area (Å²) in [6, 6.07) is 18.9. The molecule has 3 aliphatic heterocycles. The second kappa shape index (κ2) is 20.2. The fourth-order valence-electron chi connectivity index (χ4n) is 8.09. The summed E-state index contributed by atoms with van der Waals surface area (Å²) in [5.41, 5.74) is -1.49. The van der Waals surface area contributed by atoms with Crippen LogP contribution in [0.25, 0.3) is 22.3 Å². The van der Waals surface area contributed by atoms with Crippen molar-refractivity contribution in [1.29, 1.82) is 5.26 Å². The number of nitrogens with one attached hydrogen (secondary N) is 2. The summed E-state index contributed by atoms with van der Waals surface area (Å²) in [5.74, 6) is -0.936. The molecule has 1 spiro atoms. The van der Waals surface area contributed by atoms with Crippen molar-refractivity contribution >= 4 is 91.1 Å². The molecule has 7 heterocycles. The zero-order valence-corrected chi connectivity index (χ0v) is 43.1. The summed E-state index contributed by atoms with van der Waals surface area (Å²) < 4.78 is 74.5. The van der Waals surface area contributed by atoms with Gasteiger partial charge in [-0.05, 0) is 66.0 Å². The van der Waals surface area contributed by atoms with Gasteiger partial charge in [0, 0.05) is 11.1 Å². The fraction of sp³-hybridized carbons (Fsp3) is 0.419. The minimum atomic E-state index is -4.48. The number of alkyl halides is 1. The molecule has 0 radical (unpaired) electrons. The molecule has 374 valence electrons. The molecule has 3 aliphatic rings. The maximum Gasteiger partial charge on any atom is 0.328 e. The molecule has 6 aromatic rings. The van der Waals surface area contributed by atoms with Crippen LogP contribution in [0.3, 0.4) is 0 Å². The van der Waals surface area contributed by atoms with Crippen LogP contribution in [0, 0.1) is 11.3 Å². The van der Waals surface area contributed by atoms with Crippen LogP contribution in [0.1, 0.15) is 60.4 Å². The quantitative estimate of drug-likeness (QED) is 0.0678. The average molecular weight is 1070 g/mol. The maximum absolute atomic E-state index is 19.1. The van der Waals surface area contributed by atoms with E-state index < -0.39 is 87.8 Å². The molecule has 28 heteroatoms. The van der Waals surface area contributed by atoms with Gasteiger partial charge in [0.2, 0.25) is 0 Å². The zero-order chi connectivity index (χ0) is 50.3. The van der Waals surface area contributed by atoms with E-state index in [1.54, 1.807) is 60.7 Å². The van der Waals surface area contributed by atoms with Crippen LogP contribution < -0.4 is 10.6 Å². The van der Waals surface area contributed by atoms with Gasteiger partial charge in [0.15, 0.2) is 66.5 Å². The third-order valence-electron chi connectivity index (χ3n) is 12.5. The number of ether oxygens (including phenoxy) is 2. The molecule has 2 unspecified atom stereocenters. The Morgan fingerprint density at radius 1 is 0.901 bits per heavy atom. The number of benzene rings is 2. The second-order valence-corrected chi connectivity index (χ2v) is 28.5. The molecule has 3 N–H and O–H groups in total. The molecule has 4 aromatic heterocycles. The molecule has 9 atom stereocenters. The second-order valence-electron chi connectivity index (χ2n) is 18.0. The molecule has 3 fully saturated rings. The number of carbonyl (C=O) groups is 2. The molecule has 22 nitrogen and oxygen atoms in total. The van der Waals surface area contributed by atoms with E-state index in [2.05, 4.69) is 40.5 Å². The van der Waals surface area contributed by atoms with Crippen molar-refractivity contribution in [2.24, 2.45) is 0 Å². The molecular formula is C43H48FN11O11P2S2Si. The van der Waals surface area contributed by atoms with Crippen molar-refractivity contribution in [2.75, 3.05) is 37.1 Å². The van der Waals surface area contributed by atoms with Crippen LogP contribution in [0.4, 0.5) is 16.0 Å². The number of carbonyl (C=O) groups excluding carboxylic acids is 2. The normalized spacial score (nSPS) is 28.3. The Bertz CT molecular complexity index is 3100. The molecule has 71 heavy (non-hydrogen) atoms. The van der Waals surface area contributed by atoms with Crippen LogP contribution in [0.5, 0.6) is 0 Å². The SMILES string of the molecule is CC(C)(C)[Si](C)(C)O[C@@H]1[C@H]2COP(O)(=S)O[C@H]3[C@@H](F)[C@H](n4cnc5c(NC(=O)c6ccccc6)ncnc54)OCCOP(=S)(OCCC#N)O[C@@]13[C@H](n1cnc3c(NC(=O)c4ccccc4)ncnc31)O2. The Hall–Kier alpha value is -4.94. The van der Waals surface area contributed by atoms with Gasteiger partial charge in [-0.2, -0.15) is 5.26 Å². The summed E-state index contributed by atoms with van der Waals surface area (Å²) in [4.78, 5) is 65.4. The number of hydrogen-bond acceptors (Lipinski definition) is 19. The van der Waals surface area contributed by atoms with E-state index in [1.165, 1.54) is 34.4 Å². The highest BCUT2D eigenvalue weighted by Crippen LogP contribution is 2.65. The highest BCUT2D eigenvalue weighted by atomic mass is 32.5. The number of nitrogens with zero attached hydrogens (tertiary/aromatic N) is 9. The summed E-state index contributed by atoms with van der Waals surface area (Å²) in [6.07, 6.45) is -5.83. The highest BCUT2D eigenvalue weighted by Gasteiger charge is 2.72. The van der Waals surface area contributed by atoms with E-state index in [0.29, 0.717) is 11.1 Å². The molecular weight excluding hydrogens is 1020 g/mol. The lowest BCUT2D eigenvalue weighted by atomic mass is 9.84. The van der Waals surface area contributed by atoms with Gasteiger partial charge in [0.05, 0.1) is 51.6 Å². The third kappa shape index (κ3) is 10.1. The van der Waals surface area contributed by atoms with E-state index in [1.807, 2.05) is 39.9 Å². The van der Waals surface area contributed by atoms with E-state index in [4.69, 9.17) is 60.1 Å². The molecule has 2 bridgehead atoms. The number of amides is 2. The van der Waals surface area contributed by atoms with Gasteiger partial charge in [-0.15, -0.1) is 0 Å². The average Bonchev–Trinajstić information content (AvgIpc) is 4.05. The van der Waals surface area contributed by atoms with Gasteiger partial charge in [-0.25, -0.2) is 34.3 Å². The van der Waals surface area contributed by atoms with Crippen molar-refractivity contribution in [2.45, 2.75) is 87.9 Å². The molecule has 2 aromatic carbocycles. The van der Waals surface area contributed by atoms with Crippen molar-refractivity contribution in [1.82, 2.24) is 39.0 Å². The van der Waals surface area contributed by atoms with Crippen molar-refractivity contribution in [3.05, 3.63) is 97.1 Å². The van der Waals surface area contributed by atoms with Crippen molar-refractivity contribution in [3.8, 4) is 6.07 Å². The van der Waals surface area contributed by atoms with Gasteiger partial charge < -0.3 is 43.0 Å². The number of nitriles is 1. The summed E-state index contributed by atoms with van der Waals surface area (Å²) in [7, 11) is -3.04. The minimum Gasteiger partial charge on any atom is -0.408 e. The first-order valence-corrected chi connectivity index (χ1v) is 30.2. The fourth-order valence-corrected chi connectivity index (χ4v) is 13.2. The van der Waals surface area contributed by atoms with E-state index >= 15 is 4.39 Å². The standard InChI is InChI=1S/C43H48FN11O11P2S2Si/c1-42(2,3)71(4,5)65-32-28-21-62-67(58,69)64-33-29(44)40(54-24-50-30-34(46-22-48-36(30)54)52-38(56)26-13-8-6-9-14-26)59-19-20-61-68(70,60-18-12-17-45)66-43(32,33)41(63-28)55-25-51-31-35(47-23-49-37(31)55)53-39(57)27-15-10-7-11-16-27/h6-11,13-16,22-25,28-29,32-33,40-41H,12,18-21H2,1-5H3,(H,58,69)(H,46,48,52,56)(H,47,49,53,57)/t28-,29-,32-,33+,40-,41-,43+,67?,68?/m1/s1. The van der Waals surface area contributed by atoms with Crippen LogP contribution in [0.2, 0.25) is 18.1 Å². The smallest absolute Gasteiger partial charge is 0.328 e. The molecule has 2 amide bonds. The number of aromatic nitrogens is 8. The van der Waals surface area contributed by atoms with Gasteiger partial charge in [0.25, 0.3) is 11.8 Å². The lowest BCUT2D eigenvalue weighted by Gasteiger charge is -2.51. The van der Waals surface area contributed by atoms with E-state index in [0.717, 1.165) is 0 Å². The van der Waals surface area contributed by atoms with Crippen molar-refractivity contribution < 1.29 is 55.4 Å². The zero-order valence-electron chi connectivity index (χ0n) is 38.7. The largest absolute Gasteiger partial charge is 0.408 e. The Morgan fingerprint density at radius 2 is 1.48 bits per heavy atom. The lowest BCUT2D eigenvalue weighted by molar-refractivity contribution is -0.199. The van der Waals surface area contributed by atoms with Crippen LogP contribution in [-0.2, 0) is 60.1 Å². The van der Waals surface area contributed by atoms with E-state index in [-0.39, 0.29) is 60.2 Å². The topological polar surface area (TPSA) is 263 Å². The Labute approximate surface area is 417 Å². The number of anilines is 2. The predicted octanol–water partition coefficient (Wildman–Crippen LogP) is 6.88. The summed E-state index contributed by atoms with van der Waals surface area (Å²) >= 11 is 11.8. The number of halogens is 1. The number of hydrogen-bond donors (Lipinski definition) is 3. The predicted molar refractivity (Wildman–Crippen MR) is 263 cm³/mol. The third-order valence-corrected chi connectivity index (χ3v) is 20.9. The van der Waals surface area contributed by atoms with Gasteiger partial charge in [-0.1, -0.05) is 57.2 Å². The van der Waals surface area contributed by atoms with Gasteiger partial charge in [-0.3, -0.25) is 27.8 Å². The first-order chi connectivity index (χ1) is 33.8. The van der Waals surface area contributed by atoms with Gasteiger partial charge >= 0.3 is 13.4 Å². The van der Waals surface area contributed by atoms with E-state index in [9.17, 15) is 19.7 Å². The minimum absolute atomic E-state index is 0.0147. The lowest BCUT2D eigenvalue weighted by Crippen LogP contribution is -2.65. The highest BCUT2D eigenvalue weighted by molar-refractivity contribution is 8.07. The van der Waals surface area contributed by atoms with Crippen molar-refractivity contribution in [3.63, 3.8) is 0 Å². The maximum atomic E-state index is 19.1. The molecule has 9 rings (SSSR count). The van der Waals surface area contributed by atoms with Crippen LogP contribution >= 0.6 is 13.4 Å². The first-order valence-electron chi connectivity index (χ1n) is 22.1. The molecule has 0 aliphatic carbocycles. The summed E-state index contributed by atoms with van der Waals surface area (Å²) in [6.45, 7) is -0.145. The van der Waals surface area contributed by atoms with Gasteiger partial charge in [0.1, 0.15) is 31.0 Å². The number of fused-ring (bicyclic) bond motifs is 3.